The van der Waals surface area contributed by atoms with Crippen LogP contribution in [0.2, 0.25) is 0 Å². The van der Waals surface area contributed by atoms with Crippen molar-refractivity contribution in [1.29, 1.82) is 0 Å². The zero-order valence-corrected chi connectivity index (χ0v) is 17.4. The van der Waals surface area contributed by atoms with Gasteiger partial charge in [0.2, 0.25) is 0 Å². The van der Waals surface area contributed by atoms with Crippen LogP contribution in [-0.2, 0) is 4.79 Å². The molecule has 0 saturated carbocycles. The third-order valence-corrected chi connectivity index (χ3v) is 5.35. The maximum atomic E-state index is 12.9. The Morgan fingerprint density at radius 2 is 1.86 bits per heavy atom. The number of ether oxygens (including phenoxy) is 2. The fraction of sp³-hybridized carbons (Fsp3) is 0.320. The summed E-state index contributed by atoms with van der Waals surface area (Å²) in [5, 5.41) is 5.40. The van der Waals surface area contributed by atoms with E-state index in [2.05, 4.69) is 17.4 Å². The summed E-state index contributed by atoms with van der Waals surface area (Å²) in [7, 11) is 0. The van der Waals surface area contributed by atoms with Gasteiger partial charge in [-0.3, -0.25) is 4.79 Å². The molecule has 0 spiro atoms. The van der Waals surface area contributed by atoms with Gasteiger partial charge in [0.15, 0.2) is 6.10 Å². The van der Waals surface area contributed by atoms with E-state index in [0.29, 0.717) is 12.2 Å². The van der Waals surface area contributed by atoms with Crippen LogP contribution in [0.1, 0.15) is 44.4 Å². The van der Waals surface area contributed by atoms with Crippen molar-refractivity contribution in [2.24, 2.45) is 0 Å². The Balaban J connectivity index is 1.49. The van der Waals surface area contributed by atoms with Gasteiger partial charge in [-0.15, -0.1) is 0 Å². The van der Waals surface area contributed by atoms with Crippen LogP contribution in [0.4, 0.5) is 0 Å². The van der Waals surface area contributed by atoms with E-state index in [1.807, 2.05) is 69.3 Å². The minimum Gasteiger partial charge on any atom is -0.487 e. The third kappa shape index (κ3) is 4.21. The lowest BCUT2D eigenvalue weighted by Gasteiger charge is -2.38. The van der Waals surface area contributed by atoms with Crippen LogP contribution in [0.3, 0.4) is 0 Å². The Morgan fingerprint density at radius 3 is 2.66 bits per heavy atom. The molecule has 4 heteroatoms. The molecule has 0 fully saturated rings. The number of carbonyl (C=O) groups is 1. The van der Waals surface area contributed by atoms with Gasteiger partial charge in [0.1, 0.15) is 17.1 Å². The second-order valence-corrected chi connectivity index (χ2v) is 8.44. The monoisotopic (exact) mass is 389 g/mol. The van der Waals surface area contributed by atoms with E-state index < -0.39 is 6.10 Å². The zero-order chi connectivity index (χ0) is 20.6. The Hall–Kier alpha value is -3.01. The first kappa shape index (κ1) is 19.3. The average molecular weight is 389 g/mol. The first-order chi connectivity index (χ1) is 13.8. The van der Waals surface area contributed by atoms with Gasteiger partial charge in [-0.25, -0.2) is 0 Å². The average Bonchev–Trinajstić information content (AvgIpc) is 2.66. The van der Waals surface area contributed by atoms with E-state index in [4.69, 9.17) is 9.47 Å². The lowest BCUT2D eigenvalue weighted by Crippen LogP contribution is -2.44. The largest absolute Gasteiger partial charge is 0.487 e. The van der Waals surface area contributed by atoms with Gasteiger partial charge in [-0.1, -0.05) is 42.5 Å². The lowest BCUT2D eigenvalue weighted by atomic mass is 9.89. The van der Waals surface area contributed by atoms with Gasteiger partial charge in [-0.2, -0.15) is 0 Å². The number of carbonyl (C=O) groups excluding carboxylic acids is 1. The van der Waals surface area contributed by atoms with E-state index in [1.165, 1.54) is 0 Å². The number of fused-ring (bicyclic) bond motifs is 2. The maximum absolute atomic E-state index is 12.9. The second kappa shape index (κ2) is 7.43. The zero-order valence-electron chi connectivity index (χ0n) is 17.4. The molecule has 1 aliphatic rings. The molecule has 3 aromatic carbocycles. The molecule has 1 N–H and O–H groups in total. The summed E-state index contributed by atoms with van der Waals surface area (Å²) < 4.78 is 12.1. The molecule has 4 rings (SSSR count). The van der Waals surface area contributed by atoms with Crippen molar-refractivity contribution in [2.75, 3.05) is 0 Å². The number of aryl methyl sites for hydroxylation is 1. The van der Waals surface area contributed by atoms with Crippen molar-refractivity contribution in [3.63, 3.8) is 0 Å². The molecule has 0 unspecified atom stereocenters. The van der Waals surface area contributed by atoms with Crippen LogP contribution in [0.25, 0.3) is 10.8 Å². The maximum Gasteiger partial charge on any atom is 0.261 e. The Kier molecular flexibility index (Phi) is 4.95. The summed E-state index contributed by atoms with van der Waals surface area (Å²) in [5.74, 6) is 1.40. The Labute approximate surface area is 171 Å². The van der Waals surface area contributed by atoms with Crippen molar-refractivity contribution >= 4 is 16.7 Å². The van der Waals surface area contributed by atoms with Crippen LogP contribution in [0.5, 0.6) is 11.5 Å². The molecule has 29 heavy (non-hydrogen) atoms. The van der Waals surface area contributed by atoms with Crippen molar-refractivity contribution in [3.05, 3.63) is 71.8 Å². The first-order valence-electron chi connectivity index (χ1n) is 10.1. The van der Waals surface area contributed by atoms with E-state index in [1.54, 1.807) is 6.92 Å². The highest BCUT2D eigenvalue weighted by Crippen LogP contribution is 2.40. The molecule has 0 aromatic heterocycles. The molecule has 0 radical (unpaired) electrons. The van der Waals surface area contributed by atoms with Crippen LogP contribution >= 0.6 is 0 Å². The molecule has 0 saturated heterocycles. The SMILES string of the molecule is Cc1ccc2c(c1)OC(C)(C)C[C@H]2NC(=O)[C@@H](C)Oc1ccc2ccccc2c1. The molecule has 3 aromatic rings. The molecule has 1 heterocycles. The van der Waals surface area contributed by atoms with Crippen LogP contribution < -0.4 is 14.8 Å². The van der Waals surface area contributed by atoms with Crippen molar-refractivity contribution < 1.29 is 14.3 Å². The summed E-state index contributed by atoms with van der Waals surface area (Å²) in [6.45, 7) is 7.92. The summed E-state index contributed by atoms with van der Waals surface area (Å²) >= 11 is 0. The number of nitrogens with one attached hydrogen (secondary N) is 1. The summed E-state index contributed by atoms with van der Waals surface area (Å²) in [6.07, 6.45) is 0.105. The van der Waals surface area contributed by atoms with Crippen molar-refractivity contribution in [1.82, 2.24) is 5.32 Å². The molecular formula is C25H27NO3. The molecule has 0 aliphatic carbocycles. The molecular weight excluding hydrogens is 362 g/mol. The van der Waals surface area contributed by atoms with Crippen molar-refractivity contribution in [3.8, 4) is 11.5 Å². The smallest absolute Gasteiger partial charge is 0.261 e. The molecule has 4 nitrogen and oxygen atoms in total. The fourth-order valence-corrected chi connectivity index (χ4v) is 3.87. The number of rotatable bonds is 4. The van der Waals surface area contributed by atoms with E-state index >= 15 is 0 Å². The number of amides is 1. The Morgan fingerprint density at radius 1 is 1.10 bits per heavy atom. The summed E-state index contributed by atoms with van der Waals surface area (Å²) in [5.41, 5.74) is 1.81. The van der Waals surface area contributed by atoms with Gasteiger partial charge in [0, 0.05) is 12.0 Å². The predicted molar refractivity (Wildman–Crippen MR) is 115 cm³/mol. The van der Waals surface area contributed by atoms with Crippen LogP contribution in [0.15, 0.2) is 60.7 Å². The van der Waals surface area contributed by atoms with Gasteiger partial charge in [0.25, 0.3) is 5.91 Å². The van der Waals surface area contributed by atoms with Gasteiger partial charge in [-0.05, 0) is 62.2 Å². The van der Waals surface area contributed by atoms with Crippen LogP contribution in [-0.4, -0.2) is 17.6 Å². The van der Waals surface area contributed by atoms with Crippen LogP contribution in [0, 0.1) is 6.92 Å². The summed E-state index contributed by atoms with van der Waals surface area (Å²) in [6, 6.07) is 20.0. The standard InChI is InChI=1S/C25H27NO3/c1-16-9-12-21-22(15-25(3,4)29-23(21)13-16)26-24(27)17(2)28-20-11-10-18-7-5-6-8-19(18)14-20/h5-14,17,22H,15H2,1-4H3,(H,26,27)/t17-,22-/m1/s1. The molecule has 150 valence electrons. The highest BCUT2D eigenvalue weighted by Gasteiger charge is 2.35. The Bertz CT molecular complexity index is 1060. The lowest BCUT2D eigenvalue weighted by molar-refractivity contribution is -0.128. The number of benzene rings is 3. The topological polar surface area (TPSA) is 47.6 Å². The number of hydrogen-bond acceptors (Lipinski definition) is 3. The fourth-order valence-electron chi connectivity index (χ4n) is 3.87. The van der Waals surface area contributed by atoms with E-state index in [-0.39, 0.29) is 17.6 Å². The van der Waals surface area contributed by atoms with Crippen molar-refractivity contribution in [2.45, 2.75) is 51.9 Å². The summed E-state index contributed by atoms with van der Waals surface area (Å²) in [4.78, 5) is 12.9. The minimum absolute atomic E-state index is 0.107. The molecule has 1 amide bonds. The van der Waals surface area contributed by atoms with Gasteiger partial charge in [0.05, 0.1) is 6.04 Å². The first-order valence-corrected chi connectivity index (χ1v) is 10.1. The van der Waals surface area contributed by atoms with Gasteiger partial charge >= 0.3 is 0 Å². The van der Waals surface area contributed by atoms with E-state index in [9.17, 15) is 4.79 Å². The normalized spacial score (nSPS) is 18.4. The van der Waals surface area contributed by atoms with Gasteiger partial charge < -0.3 is 14.8 Å². The third-order valence-electron chi connectivity index (χ3n) is 5.35. The minimum atomic E-state index is -0.601. The molecule has 2 atom stereocenters. The highest BCUT2D eigenvalue weighted by atomic mass is 16.5. The number of hydrogen-bond donors (Lipinski definition) is 1. The molecule has 1 aliphatic heterocycles. The quantitative estimate of drug-likeness (QED) is 0.656. The van der Waals surface area contributed by atoms with E-state index in [0.717, 1.165) is 27.6 Å². The highest BCUT2D eigenvalue weighted by molar-refractivity contribution is 5.84. The molecule has 0 bridgehead atoms. The predicted octanol–water partition coefficient (Wildman–Crippen LogP) is 5.33. The second-order valence-electron chi connectivity index (χ2n) is 8.44.